The number of H-pyrrole nitrogens is 2. The lowest BCUT2D eigenvalue weighted by Gasteiger charge is -2.11. The summed E-state index contributed by atoms with van der Waals surface area (Å²) in [7, 11) is 0. The number of carbonyl (C=O) groups excluding carboxylic acids is 1. The number of aromatic nitrogens is 2. The van der Waals surface area contributed by atoms with E-state index in [0.717, 1.165) is 24.2 Å². The summed E-state index contributed by atoms with van der Waals surface area (Å²) in [4.78, 5) is 39.9. The van der Waals surface area contributed by atoms with Gasteiger partial charge in [-0.15, -0.1) is 0 Å². The zero-order chi connectivity index (χ0) is 19.1. The fourth-order valence-corrected chi connectivity index (χ4v) is 2.58. The van der Waals surface area contributed by atoms with Gasteiger partial charge in [-0.05, 0) is 50.5 Å². The Labute approximate surface area is 151 Å². The number of aryl methyl sites for hydroxylation is 2. The first-order valence-corrected chi connectivity index (χ1v) is 8.76. The Bertz CT molecular complexity index is 883. The zero-order valence-electron chi connectivity index (χ0n) is 15.4. The van der Waals surface area contributed by atoms with Crippen molar-refractivity contribution >= 4 is 11.6 Å². The van der Waals surface area contributed by atoms with Crippen molar-refractivity contribution in [1.82, 2.24) is 9.97 Å². The summed E-state index contributed by atoms with van der Waals surface area (Å²) in [5.41, 5.74) is 1.52. The maximum absolute atomic E-state index is 12.2. The molecule has 7 nitrogen and oxygen atoms in total. The molecular weight excluding hydrogens is 334 g/mol. The number of unbranched alkanes of at least 4 members (excludes halogenated alkanes) is 1. The fourth-order valence-electron chi connectivity index (χ4n) is 2.58. The topological polar surface area (TPSA) is 104 Å². The van der Waals surface area contributed by atoms with Gasteiger partial charge in [0, 0.05) is 23.4 Å². The Morgan fingerprint density at radius 2 is 1.96 bits per heavy atom. The van der Waals surface area contributed by atoms with E-state index in [4.69, 9.17) is 4.74 Å². The minimum atomic E-state index is -0.544. The van der Waals surface area contributed by atoms with Gasteiger partial charge in [-0.25, -0.2) is 4.79 Å². The maximum Gasteiger partial charge on any atom is 0.325 e. The van der Waals surface area contributed by atoms with Gasteiger partial charge in [0.05, 0.1) is 6.61 Å². The summed E-state index contributed by atoms with van der Waals surface area (Å²) in [6.07, 6.45) is 2.47. The van der Waals surface area contributed by atoms with Crippen molar-refractivity contribution < 1.29 is 9.53 Å². The van der Waals surface area contributed by atoms with Gasteiger partial charge in [-0.3, -0.25) is 14.6 Å². The number of ether oxygens (including phenoxy) is 1. The van der Waals surface area contributed by atoms with Gasteiger partial charge in [0.25, 0.3) is 5.56 Å². The molecule has 0 saturated carbocycles. The van der Waals surface area contributed by atoms with Crippen LogP contribution in [0.15, 0.2) is 27.8 Å². The molecule has 7 heteroatoms. The molecule has 26 heavy (non-hydrogen) atoms. The number of benzene rings is 1. The smallest absolute Gasteiger partial charge is 0.325 e. The van der Waals surface area contributed by atoms with E-state index in [0.29, 0.717) is 23.6 Å². The Morgan fingerprint density at radius 3 is 2.62 bits per heavy atom. The first-order valence-electron chi connectivity index (χ1n) is 8.76. The molecule has 1 aromatic carbocycles. The Kier molecular flexibility index (Phi) is 6.77. The quantitative estimate of drug-likeness (QED) is 0.630. The van der Waals surface area contributed by atoms with E-state index in [1.165, 1.54) is 0 Å². The minimum Gasteiger partial charge on any atom is -0.494 e. The molecule has 0 spiro atoms. The minimum absolute atomic E-state index is 0.143. The van der Waals surface area contributed by atoms with Crippen molar-refractivity contribution in [3.05, 3.63) is 55.9 Å². The van der Waals surface area contributed by atoms with E-state index in [1.54, 1.807) is 6.92 Å². The predicted octanol–water partition coefficient (Wildman–Crippen LogP) is 2.43. The number of aromatic amines is 2. The maximum atomic E-state index is 12.2. The number of rotatable bonds is 8. The van der Waals surface area contributed by atoms with Crippen molar-refractivity contribution in [1.29, 1.82) is 0 Å². The third-order valence-electron chi connectivity index (χ3n) is 4.10. The van der Waals surface area contributed by atoms with Crippen LogP contribution in [0.25, 0.3) is 0 Å². The monoisotopic (exact) mass is 359 g/mol. The van der Waals surface area contributed by atoms with Gasteiger partial charge in [0.2, 0.25) is 5.91 Å². The molecule has 3 N–H and O–H groups in total. The summed E-state index contributed by atoms with van der Waals surface area (Å²) < 4.78 is 5.65. The second kappa shape index (κ2) is 9.03. The van der Waals surface area contributed by atoms with Crippen LogP contribution < -0.4 is 21.3 Å². The molecule has 0 bridgehead atoms. The summed E-state index contributed by atoms with van der Waals surface area (Å²) in [5, 5.41) is 2.85. The lowest BCUT2D eigenvalue weighted by atomic mass is 10.1. The lowest BCUT2D eigenvalue weighted by Crippen LogP contribution is -2.27. The SMILES string of the molecule is CCCCOc1ccc(NC(=O)CCc2c(C)[nH]c(=O)[nH]c2=O)c(C)c1. The summed E-state index contributed by atoms with van der Waals surface area (Å²) >= 11 is 0. The van der Waals surface area contributed by atoms with Crippen LogP contribution >= 0.6 is 0 Å². The molecule has 0 aliphatic carbocycles. The first-order chi connectivity index (χ1) is 12.4. The molecule has 0 saturated heterocycles. The highest BCUT2D eigenvalue weighted by Gasteiger charge is 2.10. The van der Waals surface area contributed by atoms with Crippen molar-refractivity contribution in [2.75, 3.05) is 11.9 Å². The van der Waals surface area contributed by atoms with Crippen LogP contribution in [0, 0.1) is 13.8 Å². The molecule has 0 aliphatic heterocycles. The number of nitrogens with one attached hydrogen (secondary N) is 3. The molecule has 1 amide bonds. The third kappa shape index (κ3) is 5.34. The van der Waals surface area contributed by atoms with Crippen LogP contribution in [-0.2, 0) is 11.2 Å². The van der Waals surface area contributed by atoms with Gasteiger partial charge in [-0.2, -0.15) is 0 Å². The second-order valence-electron chi connectivity index (χ2n) is 6.24. The summed E-state index contributed by atoms with van der Waals surface area (Å²) in [6, 6.07) is 5.53. The van der Waals surface area contributed by atoms with E-state index >= 15 is 0 Å². The number of hydrogen-bond donors (Lipinski definition) is 3. The van der Waals surface area contributed by atoms with Gasteiger partial charge in [-0.1, -0.05) is 13.3 Å². The number of hydrogen-bond acceptors (Lipinski definition) is 4. The molecule has 0 radical (unpaired) electrons. The zero-order valence-corrected chi connectivity index (χ0v) is 15.4. The molecule has 0 unspecified atom stereocenters. The van der Waals surface area contributed by atoms with Crippen molar-refractivity contribution in [2.45, 2.75) is 46.5 Å². The van der Waals surface area contributed by atoms with Crippen LogP contribution in [-0.4, -0.2) is 22.5 Å². The lowest BCUT2D eigenvalue weighted by molar-refractivity contribution is -0.116. The highest BCUT2D eigenvalue weighted by molar-refractivity contribution is 5.91. The van der Waals surface area contributed by atoms with Crippen LogP contribution in [0.3, 0.4) is 0 Å². The molecular formula is C19H25N3O4. The number of carbonyl (C=O) groups is 1. The van der Waals surface area contributed by atoms with E-state index in [-0.39, 0.29) is 18.7 Å². The largest absolute Gasteiger partial charge is 0.494 e. The number of amides is 1. The van der Waals surface area contributed by atoms with Crippen LogP contribution in [0.5, 0.6) is 5.75 Å². The Balaban J connectivity index is 1.96. The van der Waals surface area contributed by atoms with E-state index in [2.05, 4.69) is 22.2 Å². The van der Waals surface area contributed by atoms with Gasteiger partial charge < -0.3 is 15.0 Å². The highest BCUT2D eigenvalue weighted by atomic mass is 16.5. The average Bonchev–Trinajstić information content (AvgIpc) is 2.56. The van der Waals surface area contributed by atoms with Gasteiger partial charge in [0.1, 0.15) is 5.75 Å². The van der Waals surface area contributed by atoms with Crippen molar-refractivity contribution in [3.8, 4) is 5.75 Å². The second-order valence-corrected chi connectivity index (χ2v) is 6.24. The van der Waals surface area contributed by atoms with Crippen LogP contribution in [0.2, 0.25) is 0 Å². The summed E-state index contributed by atoms with van der Waals surface area (Å²) in [5.74, 6) is 0.585. The number of anilines is 1. The van der Waals surface area contributed by atoms with Crippen LogP contribution in [0.4, 0.5) is 5.69 Å². The van der Waals surface area contributed by atoms with E-state index < -0.39 is 11.2 Å². The standard InChI is InChI=1S/C19H25N3O4/c1-4-5-10-26-14-6-8-16(12(2)11-14)21-17(23)9-7-15-13(3)20-19(25)22-18(15)24/h6,8,11H,4-5,7,9-10H2,1-3H3,(H,21,23)(H2,20,22,24,25). The summed E-state index contributed by atoms with van der Waals surface area (Å²) in [6.45, 7) is 6.33. The highest BCUT2D eigenvalue weighted by Crippen LogP contribution is 2.22. The average molecular weight is 359 g/mol. The van der Waals surface area contributed by atoms with Gasteiger partial charge >= 0.3 is 5.69 Å². The Hall–Kier alpha value is -2.83. The third-order valence-corrected chi connectivity index (χ3v) is 4.10. The molecule has 0 aliphatic rings. The fraction of sp³-hybridized carbons (Fsp3) is 0.421. The molecule has 1 aromatic heterocycles. The first kappa shape index (κ1) is 19.5. The van der Waals surface area contributed by atoms with E-state index in [9.17, 15) is 14.4 Å². The van der Waals surface area contributed by atoms with Crippen molar-refractivity contribution in [2.24, 2.45) is 0 Å². The van der Waals surface area contributed by atoms with Crippen LogP contribution in [0.1, 0.15) is 43.0 Å². The molecule has 0 fully saturated rings. The van der Waals surface area contributed by atoms with Crippen molar-refractivity contribution in [3.63, 3.8) is 0 Å². The normalized spacial score (nSPS) is 10.6. The van der Waals surface area contributed by atoms with E-state index in [1.807, 2.05) is 25.1 Å². The molecule has 140 valence electrons. The molecule has 0 atom stereocenters. The van der Waals surface area contributed by atoms with Gasteiger partial charge in [0.15, 0.2) is 0 Å². The predicted molar refractivity (Wildman–Crippen MR) is 101 cm³/mol. The molecule has 1 heterocycles. The molecule has 2 aromatic rings. The Morgan fingerprint density at radius 1 is 1.19 bits per heavy atom. The molecule has 2 rings (SSSR count).